The minimum atomic E-state index is -4.10. The molecule has 10 atom stereocenters. The highest BCUT2D eigenvalue weighted by atomic mass is 32.2. The lowest BCUT2D eigenvalue weighted by Crippen LogP contribution is -2.67. The molecule has 0 heterocycles. The third-order valence-electron chi connectivity index (χ3n) is 11.1. The number of fused-ring (bicyclic) bond motifs is 5. The first-order valence-corrected chi connectivity index (χ1v) is 15.1. The van der Waals surface area contributed by atoms with Crippen LogP contribution in [0.5, 0.6) is 0 Å². The minimum Gasteiger partial charge on any atom is -0.393 e. The second-order valence-corrected chi connectivity index (χ2v) is 14.3. The van der Waals surface area contributed by atoms with Crippen LogP contribution in [0.2, 0.25) is 0 Å². The molecule has 0 aromatic rings. The molecule has 1 amide bonds. The molecule has 4 fully saturated rings. The molecule has 0 aromatic heterocycles. The lowest BCUT2D eigenvalue weighted by Gasteiger charge is -2.65. The molecule has 35 heavy (non-hydrogen) atoms. The first-order valence-electron chi connectivity index (χ1n) is 13.5. The minimum absolute atomic E-state index is 0.0180. The Labute approximate surface area is 210 Å². The van der Waals surface area contributed by atoms with Crippen molar-refractivity contribution < 1.29 is 33.1 Å². The van der Waals surface area contributed by atoms with Gasteiger partial charge in [0.2, 0.25) is 5.91 Å². The summed E-state index contributed by atoms with van der Waals surface area (Å²) in [7, 11) is -4.10. The summed E-state index contributed by atoms with van der Waals surface area (Å²) in [5.74, 6) is 0.0702. The molecule has 0 spiro atoms. The van der Waals surface area contributed by atoms with Crippen molar-refractivity contribution >= 4 is 16.0 Å². The summed E-state index contributed by atoms with van der Waals surface area (Å²) in [5, 5.41) is 36.7. The van der Waals surface area contributed by atoms with Gasteiger partial charge in [-0.3, -0.25) is 9.35 Å². The van der Waals surface area contributed by atoms with Gasteiger partial charge >= 0.3 is 0 Å². The molecular formula is C26H45NO7S. The van der Waals surface area contributed by atoms with Crippen LogP contribution in [0.1, 0.15) is 85.0 Å². The van der Waals surface area contributed by atoms with Gasteiger partial charge in [0.15, 0.2) is 0 Å². The predicted octanol–water partition coefficient (Wildman–Crippen LogP) is 2.51. The monoisotopic (exact) mass is 515 g/mol. The maximum atomic E-state index is 12.3. The van der Waals surface area contributed by atoms with E-state index in [1.807, 2.05) is 0 Å². The normalized spacial score (nSPS) is 46.3. The Kier molecular flexibility index (Phi) is 7.43. The van der Waals surface area contributed by atoms with E-state index in [0.717, 1.165) is 44.9 Å². The summed E-state index contributed by atoms with van der Waals surface area (Å²) < 4.78 is 30.5. The number of nitrogens with one attached hydrogen (secondary N) is 1. The SMILES string of the molecule is C[C@@H](CCC(=O)NCCS(=O)(=O)O)[C@@H]1CC[C@H]2[C@@]3(O)CC[C@H]4C[C@H](O)CC[C@]4(C)[C@@H]3C[C@H](O)[C@]12C. The van der Waals surface area contributed by atoms with Crippen LogP contribution in [0.15, 0.2) is 0 Å². The zero-order chi connectivity index (χ0) is 25.8. The molecule has 0 radical (unpaired) electrons. The third-order valence-corrected chi connectivity index (χ3v) is 11.8. The van der Waals surface area contributed by atoms with Crippen LogP contribution in [-0.2, 0) is 14.9 Å². The van der Waals surface area contributed by atoms with E-state index in [-0.39, 0.29) is 54.1 Å². The fourth-order valence-corrected chi connectivity index (χ4v) is 9.54. The molecule has 0 saturated heterocycles. The Bertz CT molecular complexity index is 911. The second kappa shape index (κ2) is 9.53. The van der Waals surface area contributed by atoms with E-state index in [0.29, 0.717) is 18.8 Å². The number of hydrogen-bond acceptors (Lipinski definition) is 6. The van der Waals surface area contributed by atoms with E-state index in [1.54, 1.807) is 0 Å². The van der Waals surface area contributed by atoms with E-state index in [1.165, 1.54) is 0 Å². The molecule has 4 rings (SSSR count). The van der Waals surface area contributed by atoms with Crippen molar-refractivity contribution in [1.82, 2.24) is 5.32 Å². The van der Waals surface area contributed by atoms with Gasteiger partial charge in [-0.05, 0) is 92.8 Å². The quantitative estimate of drug-likeness (QED) is 0.328. The maximum Gasteiger partial charge on any atom is 0.266 e. The van der Waals surface area contributed by atoms with Crippen LogP contribution in [0.4, 0.5) is 0 Å². The summed E-state index contributed by atoms with van der Waals surface area (Å²) in [6.45, 7) is 6.44. The number of amides is 1. The van der Waals surface area contributed by atoms with Crippen molar-refractivity contribution in [1.29, 1.82) is 0 Å². The highest BCUT2D eigenvalue weighted by molar-refractivity contribution is 7.85. The van der Waals surface area contributed by atoms with Gasteiger partial charge in [-0.2, -0.15) is 8.42 Å². The van der Waals surface area contributed by atoms with Crippen LogP contribution >= 0.6 is 0 Å². The molecular weight excluding hydrogens is 470 g/mol. The summed E-state index contributed by atoms with van der Waals surface area (Å²) in [5.41, 5.74) is -1.27. The standard InChI is InChI=1S/C26H45NO7S/c1-16(4-7-23(30)27-12-13-35(32,33)34)19-5-6-20-25(19,3)22(29)15-21-24(2)10-9-18(28)14-17(24)8-11-26(20,21)31/h16-22,28-29,31H,4-15H2,1-3H3,(H,27,30)(H,32,33,34)/t16-,17-,18+,19-,20+,21-,22-,24-,25+,26-/m0/s1. The van der Waals surface area contributed by atoms with Gasteiger partial charge < -0.3 is 20.6 Å². The van der Waals surface area contributed by atoms with Gasteiger partial charge in [0.05, 0.1) is 23.6 Å². The second-order valence-electron chi connectivity index (χ2n) is 12.7. The Morgan fingerprint density at radius 2 is 1.77 bits per heavy atom. The van der Waals surface area contributed by atoms with Crippen LogP contribution in [0.3, 0.4) is 0 Å². The number of hydrogen-bond donors (Lipinski definition) is 5. The number of aliphatic hydroxyl groups is 3. The van der Waals surface area contributed by atoms with Crippen LogP contribution in [0, 0.1) is 40.4 Å². The van der Waals surface area contributed by atoms with E-state index < -0.39 is 33.0 Å². The molecule has 0 aliphatic heterocycles. The van der Waals surface area contributed by atoms with E-state index in [4.69, 9.17) is 4.55 Å². The van der Waals surface area contributed by atoms with Gasteiger partial charge in [-0.25, -0.2) is 0 Å². The maximum absolute atomic E-state index is 12.3. The molecule has 5 N–H and O–H groups in total. The number of rotatable bonds is 7. The summed E-state index contributed by atoms with van der Waals surface area (Å²) >= 11 is 0. The van der Waals surface area contributed by atoms with Gasteiger partial charge in [0.25, 0.3) is 10.1 Å². The van der Waals surface area contributed by atoms with Crippen LogP contribution < -0.4 is 5.32 Å². The van der Waals surface area contributed by atoms with Crippen molar-refractivity contribution in [3.05, 3.63) is 0 Å². The average Bonchev–Trinajstić information content (AvgIpc) is 3.14. The Hall–Kier alpha value is -0.740. The van der Waals surface area contributed by atoms with Crippen molar-refractivity contribution in [2.24, 2.45) is 40.4 Å². The number of carbonyl (C=O) groups is 1. The number of carbonyl (C=O) groups excluding carboxylic acids is 1. The van der Waals surface area contributed by atoms with Gasteiger partial charge in [0.1, 0.15) is 0 Å². The smallest absolute Gasteiger partial charge is 0.266 e. The Balaban J connectivity index is 1.44. The molecule has 9 heteroatoms. The van der Waals surface area contributed by atoms with Crippen molar-refractivity contribution in [3.63, 3.8) is 0 Å². The van der Waals surface area contributed by atoms with Crippen molar-refractivity contribution in [2.45, 2.75) is 103 Å². The molecule has 4 aliphatic carbocycles. The van der Waals surface area contributed by atoms with Gasteiger partial charge in [-0.1, -0.05) is 20.8 Å². The lowest BCUT2D eigenvalue weighted by molar-refractivity contribution is -0.254. The van der Waals surface area contributed by atoms with E-state index >= 15 is 0 Å². The summed E-state index contributed by atoms with van der Waals surface area (Å²) in [6, 6.07) is 0. The first kappa shape index (κ1) is 27.3. The lowest BCUT2D eigenvalue weighted by atomic mass is 9.42. The van der Waals surface area contributed by atoms with Crippen molar-refractivity contribution in [3.8, 4) is 0 Å². The Morgan fingerprint density at radius 3 is 2.46 bits per heavy atom. The molecule has 202 valence electrons. The molecule has 0 unspecified atom stereocenters. The molecule has 4 aliphatic rings. The Morgan fingerprint density at radius 1 is 1.06 bits per heavy atom. The molecule has 8 nitrogen and oxygen atoms in total. The predicted molar refractivity (Wildman–Crippen MR) is 132 cm³/mol. The topological polar surface area (TPSA) is 144 Å². The first-order chi connectivity index (χ1) is 16.2. The van der Waals surface area contributed by atoms with Crippen LogP contribution in [-0.4, -0.2) is 64.3 Å². The molecule has 0 bridgehead atoms. The van der Waals surface area contributed by atoms with Gasteiger partial charge in [0, 0.05) is 18.4 Å². The third kappa shape index (κ3) is 4.80. The van der Waals surface area contributed by atoms with E-state index in [2.05, 4.69) is 26.1 Å². The van der Waals surface area contributed by atoms with Crippen molar-refractivity contribution in [2.75, 3.05) is 12.3 Å². The zero-order valence-electron chi connectivity index (χ0n) is 21.4. The zero-order valence-corrected chi connectivity index (χ0v) is 22.3. The summed E-state index contributed by atoms with van der Waals surface area (Å²) in [4.78, 5) is 12.2. The fraction of sp³-hybridized carbons (Fsp3) is 0.962. The molecule has 0 aromatic carbocycles. The fourth-order valence-electron chi connectivity index (χ4n) is 9.18. The number of aliphatic hydroxyl groups excluding tert-OH is 2. The largest absolute Gasteiger partial charge is 0.393 e. The summed E-state index contributed by atoms with van der Waals surface area (Å²) in [6.07, 6.45) is 6.61. The average molecular weight is 516 g/mol. The highest BCUT2D eigenvalue weighted by Gasteiger charge is 2.69. The van der Waals surface area contributed by atoms with Gasteiger partial charge in [-0.15, -0.1) is 0 Å². The van der Waals surface area contributed by atoms with E-state index in [9.17, 15) is 28.5 Å². The van der Waals surface area contributed by atoms with Crippen LogP contribution in [0.25, 0.3) is 0 Å². The highest BCUT2D eigenvalue weighted by Crippen LogP contribution is 2.69. The molecule has 4 saturated carbocycles.